The van der Waals surface area contributed by atoms with E-state index in [2.05, 4.69) is 14.9 Å². The average molecular weight is 493 g/mol. The third-order valence-electron chi connectivity index (χ3n) is 5.10. The Morgan fingerprint density at radius 1 is 1.19 bits per heavy atom. The first-order chi connectivity index (χ1) is 15.0. The fourth-order valence-electron chi connectivity index (χ4n) is 3.77. The molecule has 13 heteroatoms. The first kappa shape index (κ1) is 22.7. The Morgan fingerprint density at radius 2 is 1.88 bits per heavy atom. The number of rotatable bonds is 4. The number of alkyl halides is 1. The predicted molar refractivity (Wildman–Crippen MR) is 109 cm³/mol. The maximum Gasteiger partial charge on any atom is 0.209 e. The van der Waals surface area contributed by atoms with Crippen LogP contribution in [0, 0.1) is 17.5 Å². The Bertz CT molecular complexity index is 1170. The lowest BCUT2D eigenvalue weighted by molar-refractivity contribution is 0.0828. The highest BCUT2D eigenvalue weighted by atomic mass is 35.5. The minimum absolute atomic E-state index is 0.0321. The van der Waals surface area contributed by atoms with E-state index in [1.807, 2.05) is 0 Å². The van der Waals surface area contributed by atoms with Crippen molar-refractivity contribution in [1.29, 1.82) is 0 Å². The van der Waals surface area contributed by atoms with Crippen molar-refractivity contribution in [3.63, 3.8) is 0 Å². The number of halogens is 5. The lowest BCUT2D eigenvalue weighted by Crippen LogP contribution is -2.41. The van der Waals surface area contributed by atoms with Gasteiger partial charge in [0.05, 0.1) is 41.5 Å². The lowest BCUT2D eigenvalue weighted by atomic mass is 9.98. The van der Waals surface area contributed by atoms with E-state index in [1.165, 1.54) is 17.2 Å². The number of oxime groups is 1. The number of hydrogen-bond donors (Lipinski definition) is 1. The summed E-state index contributed by atoms with van der Waals surface area (Å²) in [4.78, 5) is 11.1. The average Bonchev–Trinajstić information content (AvgIpc) is 3.27. The molecule has 0 amide bonds. The topological polar surface area (TPSA) is 83.9 Å². The second-order valence-corrected chi connectivity index (χ2v) is 9.77. The summed E-state index contributed by atoms with van der Waals surface area (Å²) in [6, 6.07) is 1.42. The van der Waals surface area contributed by atoms with Gasteiger partial charge in [-0.25, -0.2) is 30.7 Å². The summed E-state index contributed by atoms with van der Waals surface area (Å²) in [6.07, 6.45) is -0.0414. The number of likely N-dealkylation sites (tertiary alicyclic amines) is 1. The van der Waals surface area contributed by atoms with Crippen LogP contribution in [0.5, 0.6) is 0 Å². The van der Waals surface area contributed by atoms with Gasteiger partial charge in [-0.05, 0) is 6.07 Å². The lowest BCUT2D eigenvalue weighted by Gasteiger charge is -2.17. The molecule has 0 spiro atoms. The number of benzene rings is 1. The van der Waals surface area contributed by atoms with Gasteiger partial charge in [-0.2, -0.15) is 0 Å². The van der Waals surface area contributed by atoms with Crippen LogP contribution in [0.15, 0.2) is 29.6 Å². The van der Waals surface area contributed by atoms with Crippen LogP contribution in [0.4, 0.5) is 17.6 Å². The second kappa shape index (κ2) is 8.49. The molecule has 7 nitrogen and oxygen atoms in total. The van der Waals surface area contributed by atoms with E-state index < -0.39 is 51.4 Å². The molecule has 1 saturated heterocycles. The van der Waals surface area contributed by atoms with Gasteiger partial charge in [-0.15, -0.1) is 0 Å². The molecule has 1 N–H and O–H groups in total. The number of sulfonamides is 1. The fourth-order valence-corrected chi connectivity index (χ4v) is 4.70. The van der Waals surface area contributed by atoms with Gasteiger partial charge in [0.1, 0.15) is 29.5 Å². The summed E-state index contributed by atoms with van der Waals surface area (Å²) in [5.74, 6) is -3.02. The molecule has 2 aliphatic rings. The molecule has 2 aromatic rings. The molecule has 2 aliphatic heterocycles. The Hall–Kier alpha value is -2.44. The molecule has 1 aromatic heterocycles. The summed E-state index contributed by atoms with van der Waals surface area (Å²) in [5, 5.41) is 4.03. The number of pyridine rings is 1. The van der Waals surface area contributed by atoms with E-state index in [9.17, 15) is 26.0 Å². The monoisotopic (exact) mass is 492 g/mol. The van der Waals surface area contributed by atoms with E-state index in [0.29, 0.717) is 18.0 Å². The predicted octanol–water partition coefficient (Wildman–Crippen LogP) is 3.17. The zero-order chi connectivity index (χ0) is 23.2. The zero-order valence-corrected chi connectivity index (χ0v) is 18.1. The van der Waals surface area contributed by atoms with Gasteiger partial charge in [0.2, 0.25) is 10.0 Å². The summed E-state index contributed by atoms with van der Waals surface area (Å²) in [6.45, 7) is -0.0739. The SMILES string of the molecule is CS(=O)(=O)N[C@@H]1CN(C2=NOC(c3ncc(Cl)cc3-c3c(F)cc(F)cc3F)C2)C[C@@H]1F. The molecule has 0 radical (unpaired) electrons. The number of nitrogens with zero attached hydrogens (tertiary/aromatic N) is 3. The molecule has 1 unspecified atom stereocenters. The van der Waals surface area contributed by atoms with Crippen molar-refractivity contribution in [2.75, 3.05) is 19.3 Å². The van der Waals surface area contributed by atoms with Crippen LogP contribution < -0.4 is 4.72 Å². The summed E-state index contributed by atoms with van der Waals surface area (Å²) in [7, 11) is -3.60. The van der Waals surface area contributed by atoms with E-state index in [1.54, 1.807) is 0 Å². The molecule has 172 valence electrons. The zero-order valence-electron chi connectivity index (χ0n) is 16.5. The van der Waals surface area contributed by atoms with Crippen LogP contribution in [0.25, 0.3) is 11.1 Å². The Labute approximate surface area is 186 Å². The first-order valence-corrected chi connectivity index (χ1v) is 11.7. The van der Waals surface area contributed by atoms with Gasteiger partial charge < -0.3 is 9.74 Å². The van der Waals surface area contributed by atoms with Crippen molar-refractivity contribution < 1.29 is 30.8 Å². The molecule has 3 atom stereocenters. The van der Waals surface area contributed by atoms with Crippen molar-refractivity contribution in [2.45, 2.75) is 24.7 Å². The Morgan fingerprint density at radius 3 is 2.53 bits per heavy atom. The molecular weight excluding hydrogens is 476 g/mol. The third-order valence-corrected chi connectivity index (χ3v) is 6.04. The number of nitrogens with one attached hydrogen (secondary N) is 1. The molecule has 4 rings (SSSR count). The number of amidine groups is 1. The quantitative estimate of drug-likeness (QED) is 0.663. The van der Waals surface area contributed by atoms with Crippen molar-refractivity contribution in [1.82, 2.24) is 14.6 Å². The number of aromatic nitrogens is 1. The van der Waals surface area contributed by atoms with E-state index in [-0.39, 0.29) is 35.8 Å². The van der Waals surface area contributed by atoms with Crippen LogP contribution in [0.2, 0.25) is 5.02 Å². The molecule has 1 aromatic carbocycles. The maximum atomic E-state index is 14.4. The van der Waals surface area contributed by atoms with Gasteiger partial charge >= 0.3 is 0 Å². The van der Waals surface area contributed by atoms with Crippen molar-refractivity contribution in [2.24, 2.45) is 5.16 Å². The van der Waals surface area contributed by atoms with Crippen molar-refractivity contribution in [3.8, 4) is 11.1 Å². The highest BCUT2D eigenvalue weighted by Crippen LogP contribution is 2.38. The molecule has 0 saturated carbocycles. The Kier molecular flexibility index (Phi) is 6.03. The minimum Gasteiger partial charge on any atom is -0.384 e. The van der Waals surface area contributed by atoms with Crippen molar-refractivity contribution >= 4 is 27.5 Å². The van der Waals surface area contributed by atoms with Crippen LogP contribution in [-0.2, 0) is 14.9 Å². The third kappa shape index (κ3) is 4.66. The van der Waals surface area contributed by atoms with E-state index in [0.717, 1.165) is 6.26 Å². The largest absolute Gasteiger partial charge is 0.384 e. The Balaban J connectivity index is 1.58. The molecular formula is C19H17ClF4N4O3S. The fraction of sp³-hybridized carbons (Fsp3) is 0.368. The van der Waals surface area contributed by atoms with Crippen LogP contribution in [0.1, 0.15) is 18.2 Å². The highest BCUT2D eigenvalue weighted by Gasteiger charge is 2.39. The maximum absolute atomic E-state index is 14.4. The number of hydrogen-bond acceptors (Lipinski definition) is 6. The van der Waals surface area contributed by atoms with Gasteiger partial charge in [-0.3, -0.25) is 4.98 Å². The summed E-state index contributed by atoms with van der Waals surface area (Å²) >= 11 is 5.97. The minimum atomic E-state index is -3.60. The van der Waals surface area contributed by atoms with Gasteiger partial charge in [0.25, 0.3) is 0 Å². The molecule has 32 heavy (non-hydrogen) atoms. The molecule has 1 fully saturated rings. The van der Waals surface area contributed by atoms with Crippen LogP contribution in [0.3, 0.4) is 0 Å². The van der Waals surface area contributed by atoms with Crippen molar-refractivity contribution in [3.05, 3.63) is 52.6 Å². The standard InChI is InChI=1S/C19H17ClF4N4O3S/c1-32(29,30)27-15-8-28(7-14(15)24)17-5-16(31-26-17)19-11(2-9(20)6-25-19)18-12(22)3-10(21)4-13(18)23/h2-4,6,14-16,27H,5,7-8H2,1H3/t14-,15+,16?/m0/s1. The molecule has 0 bridgehead atoms. The van der Waals surface area contributed by atoms with Crippen LogP contribution in [-0.4, -0.2) is 55.7 Å². The van der Waals surface area contributed by atoms with Gasteiger partial charge in [0, 0.05) is 30.4 Å². The summed E-state index contributed by atoms with van der Waals surface area (Å²) in [5.41, 5.74) is -0.439. The molecule has 0 aliphatic carbocycles. The second-order valence-electron chi connectivity index (χ2n) is 7.55. The van der Waals surface area contributed by atoms with Gasteiger partial charge in [0.15, 0.2) is 6.10 Å². The molecule has 3 heterocycles. The summed E-state index contributed by atoms with van der Waals surface area (Å²) < 4.78 is 81.5. The van der Waals surface area contributed by atoms with E-state index >= 15 is 0 Å². The first-order valence-electron chi connectivity index (χ1n) is 9.41. The highest BCUT2D eigenvalue weighted by molar-refractivity contribution is 7.88. The van der Waals surface area contributed by atoms with E-state index in [4.69, 9.17) is 16.4 Å². The van der Waals surface area contributed by atoms with Crippen LogP contribution >= 0.6 is 11.6 Å². The van der Waals surface area contributed by atoms with Gasteiger partial charge in [-0.1, -0.05) is 16.8 Å². The normalized spacial score (nSPS) is 23.4. The smallest absolute Gasteiger partial charge is 0.209 e.